The molecule has 2 rings (SSSR count). The maximum Gasteiger partial charge on any atom is 0.122 e. The number of rotatable bonds is 8. The first kappa shape index (κ1) is 16.4. The Morgan fingerprint density at radius 2 is 2.14 bits per heavy atom. The summed E-state index contributed by atoms with van der Waals surface area (Å²) in [6.07, 6.45) is 2.17. The lowest BCUT2D eigenvalue weighted by atomic mass is 9.95. The quantitative estimate of drug-likeness (QED) is 0.347. The lowest BCUT2D eigenvalue weighted by Crippen LogP contribution is -2.25. The highest BCUT2D eigenvalue weighted by Gasteiger charge is 2.27. The Balaban J connectivity index is 2.23. The Kier molecular flexibility index (Phi) is 5.44. The average molecular weight is 302 g/mol. The van der Waals surface area contributed by atoms with Gasteiger partial charge in [0.1, 0.15) is 12.3 Å². The van der Waals surface area contributed by atoms with Crippen LogP contribution in [-0.4, -0.2) is 23.3 Å². The number of ether oxygens (including phenoxy) is 1. The first-order valence-electron chi connectivity index (χ1n) is 7.41. The van der Waals surface area contributed by atoms with Gasteiger partial charge in [-0.3, -0.25) is 0 Å². The molecule has 118 valence electrons. The van der Waals surface area contributed by atoms with E-state index in [2.05, 4.69) is 10.0 Å². The topological polar surface area (TPSA) is 83.2 Å². The highest BCUT2D eigenvalue weighted by molar-refractivity contribution is 5.81. The number of methoxy groups -OCH3 is 1. The van der Waals surface area contributed by atoms with Gasteiger partial charge in [0, 0.05) is 24.0 Å². The Morgan fingerprint density at radius 1 is 1.36 bits per heavy atom. The molecule has 0 fully saturated rings. The Bertz CT molecular complexity index is 672. The number of hydrogen-bond donors (Lipinski definition) is 1. The smallest absolute Gasteiger partial charge is 0.122 e. The van der Waals surface area contributed by atoms with E-state index in [-0.39, 0.29) is 0 Å². The van der Waals surface area contributed by atoms with Crippen molar-refractivity contribution in [3.63, 3.8) is 0 Å². The molecule has 0 bridgehead atoms. The molecular weight excluding hydrogens is 280 g/mol. The van der Waals surface area contributed by atoms with Gasteiger partial charge in [0.25, 0.3) is 0 Å². The van der Waals surface area contributed by atoms with Gasteiger partial charge < -0.3 is 14.4 Å². The first-order chi connectivity index (χ1) is 10.6. The van der Waals surface area contributed by atoms with Crippen molar-refractivity contribution in [3.05, 3.63) is 46.5 Å². The molecule has 1 atom stereocenters. The third-order valence-electron chi connectivity index (χ3n) is 3.86. The second-order valence-corrected chi connectivity index (χ2v) is 5.62. The Morgan fingerprint density at radius 3 is 2.86 bits per heavy atom. The van der Waals surface area contributed by atoms with Crippen molar-refractivity contribution < 1.29 is 9.84 Å². The second kappa shape index (κ2) is 7.31. The normalized spacial score (nSPS) is 13.8. The molecule has 1 unspecified atom stereocenters. The van der Waals surface area contributed by atoms with Crippen molar-refractivity contribution in [2.75, 3.05) is 13.7 Å². The van der Waals surface area contributed by atoms with Crippen LogP contribution >= 0.6 is 0 Å². The predicted octanol–water partition coefficient (Wildman–Crippen LogP) is 3.93. The summed E-state index contributed by atoms with van der Waals surface area (Å²) < 4.78 is 7.29. The van der Waals surface area contributed by atoms with E-state index >= 15 is 0 Å². The predicted molar refractivity (Wildman–Crippen MR) is 86.4 cm³/mol. The molecule has 0 aliphatic carbocycles. The number of aromatic nitrogens is 1. The number of azide groups is 1. The van der Waals surface area contributed by atoms with Crippen LogP contribution in [-0.2, 0) is 17.1 Å². The fraction of sp³-hybridized carbons (Fsp3) is 0.500. The summed E-state index contributed by atoms with van der Waals surface area (Å²) in [5.74, 6) is 0. The molecule has 6 heteroatoms. The van der Waals surface area contributed by atoms with Crippen molar-refractivity contribution >= 4 is 10.9 Å². The van der Waals surface area contributed by atoms with Gasteiger partial charge in [0.15, 0.2) is 0 Å². The molecule has 0 spiro atoms. The number of fused-ring (bicyclic) bond motifs is 1. The maximum atomic E-state index is 10.9. The van der Waals surface area contributed by atoms with Gasteiger partial charge in [-0.25, -0.2) is 0 Å². The van der Waals surface area contributed by atoms with Crippen LogP contribution in [0.15, 0.2) is 35.4 Å². The minimum atomic E-state index is -0.950. The van der Waals surface area contributed by atoms with Gasteiger partial charge in [0.2, 0.25) is 0 Å². The summed E-state index contributed by atoms with van der Waals surface area (Å²) in [5.41, 5.74) is 9.22. The van der Waals surface area contributed by atoms with E-state index < -0.39 is 5.60 Å². The van der Waals surface area contributed by atoms with Gasteiger partial charge in [-0.15, -0.1) is 0 Å². The molecule has 0 saturated carbocycles. The monoisotopic (exact) mass is 302 g/mol. The molecule has 2 aromatic rings. The average Bonchev–Trinajstić information content (AvgIpc) is 2.87. The third kappa shape index (κ3) is 3.60. The molecule has 0 amide bonds. The van der Waals surface area contributed by atoms with Crippen molar-refractivity contribution in [1.82, 2.24) is 4.57 Å². The van der Waals surface area contributed by atoms with Crippen LogP contribution in [0.3, 0.4) is 0 Å². The lowest BCUT2D eigenvalue weighted by molar-refractivity contribution is 0.0289. The molecule has 0 aliphatic heterocycles. The van der Waals surface area contributed by atoms with Crippen molar-refractivity contribution in [2.24, 2.45) is 5.11 Å². The number of nitrogens with zero attached hydrogens (tertiary/aromatic N) is 4. The first-order valence-corrected chi connectivity index (χ1v) is 7.41. The summed E-state index contributed by atoms with van der Waals surface area (Å²) in [5, 5.41) is 15.5. The van der Waals surface area contributed by atoms with Gasteiger partial charge >= 0.3 is 0 Å². The highest BCUT2D eigenvalue weighted by atomic mass is 16.5. The van der Waals surface area contributed by atoms with E-state index in [1.807, 2.05) is 41.8 Å². The van der Waals surface area contributed by atoms with Crippen LogP contribution in [0.5, 0.6) is 0 Å². The Labute approximate surface area is 129 Å². The van der Waals surface area contributed by atoms with Crippen LogP contribution in [0.25, 0.3) is 21.3 Å². The second-order valence-electron chi connectivity index (χ2n) is 5.62. The molecule has 0 saturated heterocycles. The standard InChI is InChI=1S/C16H22N4O2/c1-16(21,9-5-6-10-18-19-17)15-11-13-7-3-4-8-14(13)20(15)12-22-2/h3-4,7-8,11,21H,5-6,9-10,12H2,1-2H3. The molecule has 1 aromatic heterocycles. The molecule has 6 nitrogen and oxygen atoms in total. The zero-order chi connectivity index (χ0) is 16.0. The summed E-state index contributed by atoms with van der Waals surface area (Å²) in [4.78, 5) is 2.74. The highest BCUT2D eigenvalue weighted by Crippen LogP contribution is 2.32. The van der Waals surface area contributed by atoms with E-state index in [9.17, 15) is 5.11 Å². The number of unbranched alkanes of at least 4 members (excludes halogenated alkanes) is 1. The molecular formula is C16H22N4O2. The largest absolute Gasteiger partial charge is 0.384 e. The fourth-order valence-electron chi connectivity index (χ4n) is 2.75. The number of aliphatic hydroxyl groups is 1. The lowest BCUT2D eigenvalue weighted by Gasteiger charge is -2.25. The van der Waals surface area contributed by atoms with Gasteiger partial charge in [-0.1, -0.05) is 29.7 Å². The summed E-state index contributed by atoms with van der Waals surface area (Å²) in [6.45, 7) is 2.69. The minimum Gasteiger partial charge on any atom is -0.384 e. The summed E-state index contributed by atoms with van der Waals surface area (Å²) in [7, 11) is 1.65. The SMILES string of the molecule is COCn1c(C(C)(O)CCCCN=[N+]=[N-])cc2ccccc21. The zero-order valence-electron chi connectivity index (χ0n) is 13.1. The number of para-hydroxylation sites is 1. The maximum absolute atomic E-state index is 10.9. The van der Waals surface area contributed by atoms with E-state index in [4.69, 9.17) is 10.3 Å². The van der Waals surface area contributed by atoms with E-state index in [1.165, 1.54) is 0 Å². The van der Waals surface area contributed by atoms with Gasteiger partial charge in [-0.2, -0.15) is 0 Å². The Hall–Kier alpha value is -2.01. The number of benzene rings is 1. The van der Waals surface area contributed by atoms with E-state index in [0.717, 1.165) is 29.4 Å². The molecule has 0 radical (unpaired) electrons. The minimum absolute atomic E-state index is 0.401. The van der Waals surface area contributed by atoms with Gasteiger partial charge in [0.05, 0.1) is 11.2 Å². The van der Waals surface area contributed by atoms with Crippen LogP contribution in [0.4, 0.5) is 0 Å². The number of hydrogen-bond acceptors (Lipinski definition) is 3. The molecule has 22 heavy (non-hydrogen) atoms. The zero-order valence-corrected chi connectivity index (χ0v) is 13.1. The van der Waals surface area contributed by atoms with Crippen LogP contribution in [0, 0.1) is 0 Å². The van der Waals surface area contributed by atoms with Crippen molar-refractivity contribution in [2.45, 2.75) is 38.5 Å². The summed E-state index contributed by atoms with van der Waals surface area (Å²) in [6, 6.07) is 10.0. The van der Waals surface area contributed by atoms with Crippen molar-refractivity contribution in [3.8, 4) is 0 Å². The molecule has 1 aromatic carbocycles. The fourth-order valence-corrected chi connectivity index (χ4v) is 2.75. The molecule has 0 aliphatic rings. The van der Waals surface area contributed by atoms with Gasteiger partial charge in [-0.05, 0) is 37.4 Å². The molecule has 1 N–H and O–H groups in total. The van der Waals surface area contributed by atoms with E-state index in [1.54, 1.807) is 7.11 Å². The molecule has 1 heterocycles. The van der Waals surface area contributed by atoms with Crippen molar-refractivity contribution in [1.29, 1.82) is 0 Å². The van der Waals surface area contributed by atoms with Crippen LogP contribution in [0.1, 0.15) is 31.9 Å². The van der Waals surface area contributed by atoms with Crippen LogP contribution < -0.4 is 0 Å². The summed E-state index contributed by atoms with van der Waals surface area (Å²) >= 11 is 0. The van der Waals surface area contributed by atoms with Crippen LogP contribution in [0.2, 0.25) is 0 Å². The van der Waals surface area contributed by atoms with E-state index in [0.29, 0.717) is 19.7 Å². The third-order valence-corrected chi connectivity index (χ3v) is 3.86.